The van der Waals surface area contributed by atoms with E-state index < -0.39 is 15.4 Å². The quantitative estimate of drug-likeness (QED) is 0.811. The normalized spacial score (nSPS) is 31.6. The van der Waals surface area contributed by atoms with E-state index in [9.17, 15) is 13.5 Å². The Morgan fingerprint density at radius 3 is 2.31 bits per heavy atom. The average Bonchev–Trinajstić information content (AvgIpc) is 2.19. The van der Waals surface area contributed by atoms with Gasteiger partial charge in [0.15, 0.2) is 0 Å². The zero-order valence-electron chi connectivity index (χ0n) is 10.4. The van der Waals surface area contributed by atoms with Crippen LogP contribution in [0.5, 0.6) is 0 Å². The van der Waals surface area contributed by atoms with Crippen molar-refractivity contribution in [1.29, 1.82) is 0 Å². The minimum atomic E-state index is -2.95. The van der Waals surface area contributed by atoms with Gasteiger partial charge in [-0.25, -0.2) is 8.42 Å². The predicted octanol–water partition coefficient (Wildman–Crippen LogP) is 2.14. The Labute approximate surface area is 99.2 Å². The van der Waals surface area contributed by atoms with Crippen LogP contribution in [0.3, 0.4) is 0 Å². The standard InChI is InChI=1S/C12H24O3S/c1-3-4-11-5-7-12(13,8-6-11)9-10-16(2,14)15/h11,13H,3-10H2,1-2H3. The van der Waals surface area contributed by atoms with Crippen molar-refractivity contribution in [2.75, 3.05) is 12.0 Å². The molecule has 0 bridgehead atoms. The molecule has 1 N–H and O–H groups in total. The maximum Gasteiger partial charge on any atom is 0.147 e. The molecule has 0 aromatic rings. The van der Waals surface area contributed by atoms with Crippen LogP contribution in [0.15, 0.2) is 0 Å². The summed E-state index contributed by atoms with van der Waals surface area (Å²) in [5.74, 6) is 0.852. The number of aliphatic hydroxyl groups is 1. The molecule has 0 radical (unpaired) electrons. The van der Waals surface area contributed by atoms with Gasteiger partial charge in [0.25, 0.3) is 0 Å². The number of sulfone groups is 1. The second-order valence-corrected chi connectivity index (χ2v) is 7.60. The molecule has 3 nitrogen and oxygen atoms in total. The summed E-state index contributed by atoms with van der Waals surface area (Å²) in [6.45, 7) is 2.18. The van der Waals surface area contributed by atoms with Gasteiger partial charge in [-0.2, -0.15) is 0 Å². The van der Waals surface area contributed by atoms with E-state index in [1.807, 2.05) is 0 Å². The molecular formula is C12H24O3S. The van der Waals surface area contributed by atoms with Crippen LogP contribution >= 0.6 is 0 Å². The summed E-state index contributed by atoms with van der Waals surface area (Å²) < 4.78 is 22.1. The van der Waals surface area contributed by atoms with Gasteiger partial charge in [-0.05, 0) is 38.0 Å². The molecule has 1 aliphatic rings. The molecule has 0 heterocycles. The highest BCUT2D eigenvalue weighted by atomic mass is 32.2. The van der Waals surface area contributed by atoms with Crippen LogP contribution in [0.1, 0.15) is 51.9 Å². The number of hydrogen-bond donors (Lipinski definition) is 1. The first-order chi connectivity index (χ1) is 7.35. The van der Waals surface area contributed by atoms with Gasteiger partial charge in [0.05, 0.1) is 11.4 Å². The first-order valence-electron chi connectivity index (χ1n) is 6.25. The average molecular weight is 248 g/mol. The minimum absolute atomic E-state index is 0.113. The third kappa shape index (κ3) is 4.83. The zero-order chi connectivity index (χ0) is 12.2. The highest BCUT2D eigenvalue weighted by Gasteiger charge is 2.33. The van der Waals surface area contributed by atoms with E-state index in [4.69, 9.17) is 0 Å². The van der Waals surface area contributed by atoms with Crippen molar-refractivity contribution >= 4 is 9.84 Å². The Bertz CT molecular complexity index is 300. The highest BCUT2D eigenvalue weighted by molar-refractivity contribution is 7.90. The maximum absolute atomic E-state index is 11.1. The lowest BCUT2D eigenvalue weighted by molar-refractivity contribution is -0.0127. The van der Waals surface area contributed by atoms with E-state index in [0.717, 1.165) is 31.6 Å². The molecule has 0 aromatic heterocycles. The minimum Gasteiger partial charge on any atom is -0.390 e. The van der Waals surface area contributed by atoms with E-state index in [-0.39, 0.29) is 5.75 Å². The van der Waals surface area contributed by atoms with Crippen molar-refractivity contribution in [2.45, 2.75) is 57.5 Å². The molecule has 0 amide bonds. The molecule has 16 heavy (non-hydrogen) atoms. The first-order valence-corrected chi connectivity index (χ1v) is 8.31. The van der Waals surface area contributed by atoms with Crippen LogP contribution in [0.4, 0.5) is 0 Å². The van der Waals surface area contributed by atoms with Gasteiger partial charge in [-0.1, -0.05) is 19.8 Å². The fourth-order valence-electron chi connectivity index (χ4n) is 2.54. The molecule has 0 saturated heterocycles. The topological polar surface area (TPSA) is 54.4 Å². The van der Waals surface area contributed by atoms with Crippen LogP contribution in [0.25, 0.3) is 0 Å². The Morgan fingerprint density at radius 1 is 1.31 bits per heavy atom. The fourth-order valence-corrected chi connectivity index (χ4v) is 3.29. The van der Waals surface area contributed by atoms with Crippen LogP contribution in [-0.4, -0.2) is 31.1 Å². The largest absolute Gasteiger partial charge is 0.390 e. The van der Waals surface area contributed by atoms with Gasteiger partial charge < -0.3 is 5.11 Å². The summed E-state index contributed by atoms with van der Waals surface area (Å²) in [5, 5.41) is 10.3. The van der Waals surface area contributed by atoms with Crippen molar-refractivity contribution in [3.63, 3.8) is 0 Å². The van der Waals surface area contributed by atoms with E-state index in [1.165, 1.54) is 19.1 Å². The van der Waals surface area contributed by atoms with Gasteiger partial charge in [0, 0.05) is 6.26 Å². The lowest BCUT2D eigenvalue weighted by Crippen LogP contribution is -2.35. The molecule has 1 aliphatic carbocycles. The highest BCUT2D eigenvalue weighted by Crippen LogP contribution is 2.36. The molecule has 0 aromatic carbocycles. The summed E-state index contributed by atoms with van der Waals surface area (Å²) >= 11 is 0. The Kier molecular flexibility index (Phi) is 4.80. The molecule has 4 heteroatoms. The maximum atomic E-state index is 11.1. The molecular weight excluding hydrogens is 224 g/mol. The van der Waals surface area contributed by atoms with Crippen LogP contribution < -0.4 is 0 Å². The van der Waals surface area contributed by atoms with Crippen molar-refractivity contribution < 1.29 is 13.5 Å². The van der Waals surface area contributed by atoms with E-state index in [0.29, 0.717) is 6.42 Å². The van der Waals surface area contributed by atoms with Crippen molar-refractivity contribution in [1.82, 2.24) is 0 Å². The van der Waals surface area contributed by atoms with Gasteiger partial charge in [-0.15, -0.1) is 0 Å². The molecule has 0 spiro atoms. The van der Waals surface area contributed by atoms with E-state index >= 15 is 0 Å². The lowest BCUT2D eigenvalue weighted by Gasteiger charge is -2.36. The van der Waals surface area contributed by atoms with Crippen molar-refractivity contribution in [2.24, 2.45) is 5.92 Å². The molecule has 1 rings (SSSR count). The summed E-state index contributed by atoms with van der Waals surface area (Å²) in [5.41, 5.74) is -0.715. The second-order valence-electron chi connectivity index (χ2n) is 5.34. The first kappa shape index (κ1) is 14.0. The van der Waals surface area contributed by atoms with E-state index in [2.05, 4.69) is 6.92 Å². The number of rotatable bonds is 5. The summed E-state index contributed by atoms with van der Waals surface area (Å²) in [4.78, 5) is 0. The SMILES string of the molecule is CCCC1CCC(O)(CCS(C)(=O)=O)CC1. The molecule has 1 fully saturated rings. The monoisotopic (exact) mass is 248 g/mol. The van der Waals surface area contributed by atoms with Gasteiger partial charge >= 0.3 is 0 Å². The van der Waals surface area contributed by atoms with Gasteiger partial charge in [0.2, 0.25) is 0 Å². The zero-order valence-corrected chi connectivity index (χ0v) is 11.2. The van der Waals surface area contributed by atoms with Gasteiger partial charge in [0.1, 0.15) is 9.84 Å². The van der Waals surface area contributed by atoms with Crippen LogP contribution in [-0.2, 0) is 9.84 Å². The van der Waals surface area contributed by atoms with Crippen molar-refractivity contribution in [3.8, 4) is 0 Å². The third-order valence-corrected chi connectivity index (χ3v) is 4.62. The van der Waals surface area contributed by atoms with Crippen molar-refractivity contribution in [3.05, 3.63) is 0 Å². The Balaban J connectivity index is 2.38. The smallest absolute Gasteiger partial charge is 0.147 e. The fraction of sp³-hybridized carbons (Fsp3) is 1.00. The van der Waals surface area contributed by atoms with Gasteiger partial charge in [-0.3, -0.25) is 0 Å². The molecule has 0 unspecified atom stereocenters. The summed E-state index contributed by atoms with van der Waals surface area (Å²) in [7, 11) is -2.95. The third-order valence-electron chi connectivity index (χ3n) is 3.67. The number of hydrogen-bond acceptors (Lipinski definition) is 3. The lowest BCUT2D eigenvalue weighted by atomic mass is 9.76. The van der Waals surface area contributed by atoms with Crippen LogP contribution in [0, 0.1) is 5.92 Å². The summed E-state index contributed by atoms with van der Waals surface area (Å²) in [6.07, 6.45) is 7.72. The Morgan fingerprint density at radius 2 is 1.88 bits per heavy atom. The van der Waals surface area contributed by atoms with Crippen LogP contribution in [0.2, 0.25) is 0 Å². The Hall–Kier alpha value is -0.0900. The molecule has 1 saturated carbocycles. The van der Waals surface area contributed by atoms with E-state index in [1.54, 1.807) is 0 Å². The predicted molar refractivity (Wildman–Crippen MR) is 66.1 cm³/mol. The molecule has 0 atom stereocenters. The second kappa shape index (κ2) is 5.50. The summed E-state index contributed by atoms with van der Waals surface area (Å²) in [6, 6.07) is 0. The molecule has 96 valence electrons. The molecule has 0 aliphatic heterocycles.